The van der Waals surface area contributed by atoms with E-state index in [-0.39, 0.29) is 5.91 Å². The number of rotatable bonds is 3. The van der Waals surface area contributed by atoms with E-state index in [2.05, 4.69) is 10.3 Å². The van der Waals surface area contributed by atoms with Crippen molar-refractivity contribution >= 4 is 28.8 Å². The van der Waals surface area contributed by atoms with Crippen molar-refractivity contribution in [3.63, 3.8) is 0 Å². The molecule has 20 heavy (non-hydrogen) atoms. The summed E-state index contributed by atoms with van der Waals surface area (Å²) in [5.41, 5.74) is 0.947. The molecule has 3 nitrogen and oxygen atoms in total. The van der Waals surface area contributed by atoms with Crippen molar-refractivity contribution in [1.29, 1.82) is 0 Å². The molecule has 1 aromatic heterocycles. The lowest BCUT2D eigenvalue weighted by Gasteiger charge is -2.09. The molecule has 1 saturated carbocycles. The third kappa shape index (κ3) is 3.02. The maximum Gasteiger partial charge on any atom is 0.263 e. The first kappa shape index (κ1) is 13.6. The Morgan fingerprint density at radius 3 is 2.90 bits per heavy atom. The van der Waals surface area contributed by atoms with Gasteiger partial charge < -0.3 is 5.32 Å². The minimum Gasteiger partial charge on any atom is -0.349 e. The predicted molar refractivity (Wildman–Crippen MR) is 82.3 cm³/mol. The normalized spacial score (nSPS) is 15.4. The first-order valence-electron chi connectivity index (χ1n) is 6.75. The average Bonchev–Trinajstić information content (AvgIpc) is 3.09. The molecule has 1 amide bonds. The molecular formula is C15H15ClN2OS. The Bertz CT molecular complexity index is 620. The lowest BCUT2D eigenvalue weighted by molar-refractivity contribution is 0.0942. The quantitative estimate of drug-likeness (QED) is 0.926. The fourth-order valence-electron chi connectivity index (χ4n) is 2.46. The number of thiazole rings is 1. The van der Waals surface area contributed by atoms with Gasteiger partial charge in [0, 0.05) is 16.6 Å². The number of carbonyl (C=O) groups is 1. The fourth-order valence-corrected chi connectivity index (χ4v) is 3.47. The number of halogens is 1. The summed E-state index contributed by atoms with van der Waals surface area (Å²) in [6.07, 6.45) is 6.24. The molecule has 3 rings (SSSR count). The molecule has 1 aliphatic carbocycles. The molecule has 0 radical (unpaired) electrons. The molecule has 104 valence electrons. The molecule has 2 aromatic rings. The van der Waals surface area contributed by atoms with Gasteiger partial charge in [0.1, 0.15) is 9.88 Å². The van der Waals surface area contributed by atoms with Crippen LogP contribution >= 0.6 is 22.9 Å². The SMILES string of the molecule is O=C(NC1CCCC1)c1cnc(-c2cccc(Cl)c2)s1. The topological polar surface area (TPSA) is 42.0 Å². The second-order valence-electron chi connectivity index (χ2n) is 4.99. The molecule has 1 fully saturated rings. The van der Waals surface area contributed by atoms with E-state index in [9.17, 15) is 4.79 Å². The lowest BCUT2D eigenvalue weighted by atomic mass is 10.2. The Morgan fingerprint density at radius 1 is 1.35 bits per heavy atom. The number of carbonyl (C=O) groups excluding carboxylic acids is 1. The number of nitrogens with one attached hydrogen (secondary N) is 1. The molecule has 1 aliphatic rings. The third-order valence-electron chi connectivity index (χ3n) is 3.49. The van der Waals surface area contributed by atoms with Gasteiger partial charge in [-0.05, 0) is 25.0 Å². The Kier molecular flexibility index (Phi) is 4.03. The highest BCUT2D eigenvalue weighted by Gasteiger charge is 2.19. The molecule has 5 heteroatoms. The molecule has 0 bridgehead atoms. The summed E-state index contributed by atoms with van der Waals surface area (Å²) in [6.45, 7) is 0. The van der Waals surface area contributed by atoms with E-state index in [4.69, 9.17) is 11.6 Å². The van der Waals surface area contributed by atoms with E-state index in [1.54, 1.807) is 6.20 Å². The largest absolute Gasteiger partial charge is 0.349 e. The number of amides is 1. The van der Waals surface area contributed by atoms with Crippen LogP contribution in [-0.2, 0) is 0 Å². The minimum atomic E-state index is -0.0114. The zero-order valence-corrected chi connectivity index (χ0v) is 12.5. The first-order valence-corrected chi connectivity index (χ1v) is 7.94. The highest BCUT2D eigenvalue weighted by molar-refractivity contribution is 7.16. The summed E-state index contributed by atoms with van der Waals surface area (Å²) >= 11 is 7.38. The second kappa shape index (κ2) is 5.94. The summed E-state index contributed by atoms with van der Waals surface area (Å²) < 4.78 is 0. The van der Waals surface area contributed by atoms with Gasteiger partial charge in [-0.25, -0.2) is 4.98 Å². The van der Waals surface area contributed by atoms with Crippen molar-refractivity contribution in [1.82, 2.24) is 10.3 Å². The van der Waals surface area contributed by atoms with Gasteiger partial charge in [0.05, 0.1) is 6.20 Å². The summed E-state index contributed by atoms with van der Waals surface area (Å²) in [5, 5.41) is 4.58. The van der Waals surface area contributed by atoms with Crippen molar-refractivity contribution in [2.24, 2.45) is 0 Å². The molecule has 1 heterocycles. The Balaban J connectivity index is 1.74. The summed E-state index contributed by atoms with van der Waals surface area (Å²) in [4.78, 5) is 17.1. The fraction of sp³-hybridized carbons (Fsp3) is 0.333. The summed E-state index contributed by atoms with van der Waals surface area (Å²) in [7, 11) is 0. The van der Waals surface area contributed by atoms with Crippen LogP contribution in [-0.4, -0.2) is 16.9 Å². The average molecular weight is 307 g/mol. The van der Waals surface area contributed by atoms with E-state index < -0.39 is 0 Å². The van der Waals surface area contributed by atoms with E-state index in [0.29, 0.717) is 15.9 Å². The van der Waals surface area contributed by atoms with Crippen molar-refractivity contribution in [3.8, 4) is 10.6 Å². The summed E-state index contributed by atoms with van der Waals surface area (Å²) in [6, 6.07) is 7.85. The molecule has 0 saturated heterocycles. The van der Waals surface area contributed by atoms with E-state index in [1.165, 1.54) is 24.2 Å². The van der Waals surface area contributed by atoms with Gasteiger partial charge in [0.15, 0.2) is 0 Å². The van der Waals surface area contributed by atoms with Crippen LogP contribution < -0.4 is 5.32 Å². The Hall–Kier alpha value is -1.39. The van der Waals surface area contributed by atoms with Gasteiger partial charge in [-0.15, -0.1) is 11.3 Å². The highest BCUT2D eigenvalue weighted by Crippen LogP contribution is 2.27. The molecule has 1 aromatic carbocycles. The molecule has 0 spiro atoms. The van der Waals surface area contributed by atoms with Crippen LogP contribution in [0.15, 0.2) is 30.5 Å². The minimum absolute atomic E-state index is 0.0114. The van der Waals surface area contributed by atoms with Gasteiger partial charge in [-0.3, -0.25) is 4.79 Å². The molecule has 0 aliphatic heterocycles. The lowest BCUT2D eigenvalue weighted by Crippen LogP contribution is -2.31. The van der Waals surface area contributed by atoms with Gasteiger partial charge in [0.25, 0.3) is 5.91 Å². The third-order valence-corrected chi connectivity index (χ3v) is 4.77. The zero-order chi connectivity index (χ0) is 13.9. The number of hydrogen-bond donors (Lipinski definition) is 1. The maximum atomic E-state index is 12.1. The van der Waals surface area contributed by atoms with Gasteiger partial charge in [-0.2, -0.15) is 0 Å². The van der Waals surface area contributed by atoms with E-state index in [0.717, 1.165) is 23.4 Å². The number of benzene rings is 1. The van der Waals surface area contributed by atoms with Crippen LogP contribution in [0.3, 0.4) is 0 Å². The second-order valence-corrected chi connectivity index (χ2v) is 6.46. The van der Waals surface area contributed by atoms with Crippen molar-refractivity contribution in [2.45, 2.75) is 31.7 Å². The van der Waals surface area contributed by atoms with Crippen LogP contribution in [0.2, 0.25) is 5.02 Å². The monoisotopic (exact) mass is 306 g/mol. The number of nitrogens with zero attached hydrogens (tertiary/aromatic N) is 1. The van der Waals surface area contributed by atoms with E-state index in [1.807, 2.05) is 24.3 Å². The van der Waals surface area contributed by atoms with Crippen LogP contribution in [0.5, 0.6) is 0 Å². The number of aromatic nitrogens is 1. The Morgan fingerprint density at radius 2 is 2.15 bits per heavy atom. The highest BCUT2D eigenvalue weighted by atomic mass is 35.5. The maximum absolute atomic E-state index is 12.1. The van der Waals surface area contributed by atoms with Crippen LogP contribution in [0.4, 0.5) is 0 Å². The molecular weight excluding hydrogens is 292 g/mol. The Labute approximate surface area is 127 Å². The first-order chi connectivity index (χ1) is 9.72. The standard InChI is InChI=1S/C15H15ClN2OS/c16-11-5-3-4-10(8-11)15-17-9-13(20-15)14(19)18-12-6-1-2-7-12/h3-5,8-9,12H,1-2,6-7H2,(H,18,19). The van der Waals surface area contributed by atoms with Gasteiger partial charge in [0.2, 0.25) is 0 Å². The van der Waals surface area contributed by atoms with Crippen molar-refractivity contribution in [3.05, 3.63) is 40.4 Å². The molecule has 0 atom stereocenters. The zero-order valence-electron chi connectivity index (χ0n) is 10.9. The van der Waals surface area contributed by atoms with Crippen molar-refractivity contribution in [2.75, 3.05) is 0 Å². The number of hydrogen-bond acceptors (Lipinski definition) is 3. The van der Waals surface area contributed by atoms with Crippen LogP contribution in [0, 0.1) is 0 Å². The summed E-state index contributed by atoms with van der Waals surface area (Å²) in [5.74, 6) is -0.0114. The molecule has 1 N–H and O–H groups in total. The van der Waals surface area contributed by atoms with Gasteiger partial charge >= 0.3 is 0 Å². The van der Waals surface area contributed by atoms with Gasteiger partial charge in [-0.1, -0.05) is 36.6 Å². The smallest absolute Gasteiger partial charge is 0.263 e. The molecule has 0 unspecified atom stereocenters. The van der Waals surface area contributed by atoms with E-state index >= 15 is 0 Å². The van der Waals surface area contributed by atoms with Crippen molar-refractivity contribution < 1.29 is 4.79 Å². The predicted octanol–water partition coefficient (Wildman–Crippen LogP) is 4.14. The van der Waals surface area contributed by atoms with Crippen LogP contribution in [0.1, 0.15) is 35.4 Å². The van der Waals surface area contributed by atoms with Crippen LogP contribution in [0.25, 0.3) is 10.6 Å².